The van der Waals surface area contributed by atoms with Crippen LogP contribution in [0.5, 0.6) is 5.75 Å². The molecule has 1 amide bonds. The van der Waals surface area contributed by atoms with E-state index in [-0.39, 0.29) is 18.3 Å². The first kappa shape index (κ1) is 19.0. The van der Waals surface area contributed by atoms with Crippen molar-refractivity contribution in [3.05, 3.63) is 24.3 Å². The Balaban J connectivity index is 0.00000208. The van der Waals surface area contributed by atoms with E-state index in [0.29, 0.717) is 37.6 Å². The first-order valence-corrected chi connectivity index (χ1v) is 8.50. The van der Waals surface area contributed by atoms with Crippen LogP contribution in [0, 0.1) is 5.92 Å². The van der Waals surface area contributed by atoms with Crippen LogP contribution in [0.4, 0.5) is 5.69 Å². The predicted octanol–water partition coefficient (Wildman–Crippen LogP) is 2.99. The first-order valence-electron chi connectivity index (χ1n) is 8.50. The number of rotatable bonds is 7. The number of nitrogens with one attached hydrogen (secondary N) is 2. The van der Waals surface area contributed by atoms with Crippen molar-refractivity contribution in [2.24, 2.45) is 5.92 Å². The smallest absolute Gasteiger partial charge is 0.224 e. The second-order valence-electron chi connectivity index (χ2n) is 6.59. The number of hydrogen-bond donors (Lipinski definition) is 2. The van der Waals surface area contributed by atoms with E-state index in [2.05, 4.69) is 10.6 Å². The van der Waals surface area contributed by atoms with Crippen molar-refractivity contribution in [1.29, 1.82) is 0 Å². The number of methoxy groups -OCH3 is 1. The molecule has 0 spiro atoms. The summed E-state index contributed by atoms with van der Waals surface area (Å²) in [5, 5.41) is 6.61. The zero-order valence-corrected chi connectivity index (χ0v) is 14.9. The molecule has 2 bridgehead atoms. The van der Waals surface area contributed by atoms with Crippen LogP contribution in [0.2, 0.25) is 0 Å². The number of carbonyl (C=O) groups excluding carboxylic acids is 1. The Morgan fingerprint density at radius 1 is 1.17 bits per heavy atom. The summed E-state index contributed by atoms with van der Waals surface area (Å²) in [4.78, 5) is 12.2. The van der Waals surface area contributed by atoms with Gasteiger partial charge in [0, 0.05) is 31.3 Å². The van der Waals surface area contributed by atoms with Gasteiger partial charge in [0.1, 0.15) is 12.4 Å². The van der Waals surface area contributed by atoms with Gasteiger partial charge in [-0.3, -0.25) is 4.79 Å². The molecule has 2 atom stereocenters. The highest BCUT2D eigenvalue weighted by Gasteiger charge is 2.34. The van der Waals surface area contributed by atoms with Gasteiger partial charge in [-0.05, 0) is 55.9 Å². The fourth-order valence-electron chi connectivity index (χ4n) is 3.69. The molecule has 2 unspecified atom stereocenters. The summed E-state index contributed by atoms with van der Waals surface area (Å²) < 4.78 is 10.5. The average Bonchev–Trinajstić information content (AvgIpc) is 2.88. The van der Waals surface area contributed by atoms with Gasteiger partial charge >= 0.3 is 0 Å². The Hall–Kier alpha value is -1.30. The minimum absolute atomic E-state index is 0. The summed E-state index contributed by atoms with van der Waals surface area (Å²) in [5.74, 6) is 1.42. The third kappa shape index (κ3) is 5.36. The minimum Gasteiger partial charge on any atom is -0.491 e. The molecule has 3 rings (SSSR count). The molecule has 0 saturated carbocycles. The van der Waals surface area contributed by atoms with Crippen molar-refractivity contribution in [1.82, 2.24) is 5.32 Å². The molecule has 0 radical (unpaired) electrons. The van der Waals surface area contributed by atoms with Crippen LogP contribution in [0.25, 0.3) is 0 Å². The Labute approximate surface area is 149 Å². The molecular formula is C18H27ClN2O3. The number of amides is 1. The lowest BCUT2D eigenvalue weighted by molar-refractivity contribution is -0.117. The van der Waals surface area contributed by atoms with E-state index < -0.39 is 0 Å². The molecule has 1 aromatic rings. The number of ether oxygens (including phenoxy) is 2. The molecule has 2 fully saturated rings. The summed E-state index contributed by atoms with van der Waals surface area (Å²) in [6, 6.07) is 8.77. The number of piperidine rings is 1. The van der Waals surface area contributed by atoms with Gasteiger partial charge in [-0.15, -0.1) is 12.4 Å². The predicted molar refractivity (Wildman–Crippen MR) is 97.0 cm³/mol. The number of anilines is 1. The maximum Gasteiger partial charge on any atom is 0.224 e. The van der Waals surface area contributed by atoms with Gasteiger partial charge in [0.05, 0.1) is 6.61 Å². The van der Waals surface area contributed by atoms with Crippen molar-refractivity contribution >= 4 is 24.0 Å². The van der Waals surface area contributed by atoms with Gasteiger partial charge in [0.15, 0.2) is 0 Å². The topological polar surface area (TPSA) is 59.6 Å². The molecule has 1 aromatic carbocycles. The Kier molecular flexibility index (Phi) is 7.34. The quantitative estimate of drug-likeness (QED) is 0.739. The molecular weight excluding hydrogens is 328 g/mol. The summed E-state index contributed by atoms with van der Waals surface area (Å²) >= 11 is 0. The zero-order valence-electron chi connectivity index (χ0n) is 14.1. The molecule has 24 heavy (non-hydrogen) atoms. The SMILES string of the molecule is COCCOc1ccc(NC(=O)CC2CC3CCC(C2)N3)cc1.Cl. The van der Waals surface area contributed by atoms with Crippen LogP contribution in [-0.4, -0.2) is 38.3 Å². The fraction of sp³-hybridized carbons (Fsp3) is 0.611. The minimum atomic E-state index is 0. The van der Waals surface area contributed by atoms with E-state index in [9.17, 15) is 4.79 Å². The van der Waals surface area contributed by atoms with Crippen molar-refractivity contribution in [3.63, 3.8) is 0 Å². The fourth-order valence-corrected chi connectivity index (χ4v) is 3.69. The van der Waals surface area contributed by atoms with Crippen molar-refractivity contribution in [2.75, 3.05) is 25.6 Å². The largest absolute Gasteiger partial charge is 0.491 e. The van der Waals surface area contributed by atoms with Crippen LogP contribution in [0.3, 0.4) is 0 Å². The molecule has 5 nitrogen and oxygen atoms in total. The molecule has 134 valence electrons. The van der Waals surface area contributed by atoms with E-state index in [1.807, 2.05) is 24.3 Å². The molecule has 0 aromatic heterocycles. The summed E-state index contributed by atoms with van der Waals surface area (Å²) in [5.41, 5.74) is 0.825. The van der Waals surface area contributed by atoms with E-state index >= 15 is 0 Å². The van der Waals surface area contributed by atoms with Crippen LogP contribution in [-0.2, 0) is 9.53 Å². The van der Waals surface area contributed by atoms with Gasteiger partial charge in [-0.1, -0.05) is 0 Å². The first-order chi connectivity index (χ1) is 11.2. The third-order valence-electron chi connectivity index (χ3n) is 4.74. The molecule has 2 N–H and O–H groups in total. The van der Waals surface area contributed by atoms with Crippen LogP contribution in [0.15, 0.2) is 24.3 Å². The lowest BCUT2D eigenvalue weighted by Gasteiger charge is -2.28. The molecule has 2 aliphatic heterocycles. The number of hydrogen-bond acceptors (Lipinski definition) is 4. The van der Waals surface area contributed by atoms with Gasteiger partial charge < -0.3 is 20.1 Å². The number of fused-ring (bicyclic) bond motifs is 2. The lowest BCUT2D eigenvalue weighted by atomic mass is 9.89. The van der Waals surface area contributed by atoms with Gasteiger partial charge in [0.25, 0.3) is 0 Å². The lowest BCUT2D eigenvalue weighted by Crippen LogP contribution is -2.39. The van der Waals surface area contributed by atoms with Crippen molar-refractivity contribution in [3.8, 4) is 5.75 Å². The molecule has 6 heteroatoms. The maximum absolute atomic E-state index is 12.2. The number of benzene rings is 1. The zero-order chi connectivity index (χ0) is 16.1. The Morgan fingerprint density at radius 2 is 1.83 bits per heavy atom. The monoisotopic (exact) mass is 354 g/mol. The molecule has 2 aliphatic rings. The van der Waals surface area contributed by atoms with E-state index in [1.54, 1.807) is 7.11 Å². The second kappa shape index (κ2) is 9.25. The van der Waals surface area contributed by atoms with Crippen LogP contribution >= 0.6 is 12.4 Å². The third-order valence-corrected chi connectivity index (χ3v) is 4.74. The highest BCUT2D eigenvalue weighted by atomic mass is 35.5. The Morgan fingerprint density at radius 3 is 2.46 bits per heavy atom. The number of carbonyl (C=O) groups is 1. The summed E-state index contributed by atoms with van der Waals surface area (Å²) in [6.07, 6.45) is 5.44. The van der Waals surface area contributed by atoms with Gasteiger partial charge in [0.2, 0.25) is 5.91 Å². The highest BCUT2D eigenvalue weighted by molar-refractivity contribution is 5.90. The van der Waals surface area contributed by atoms with E-state index in [0.717, 1.165) is 24.3 Å². The van der Waals surface area contributed by atoms with Gasteiger partial charge in [-0.25, -0.2) is 0 Å². The average molecular weight is 355 g/mol. The number of halogens is 1. The molecule has 2 saturated heterocycles. The summed E-state index contributed by atoms with van der Waals surface area (Å²) in [7, 11) is 1.65. The second-order valence-corrected chi connectivity index (χ2v) is 6.59. The van der Waals surface area contributed by atoms with Crippen LogP contribution in [0.1, 0.15) is 32.1 Å². The van der Waals surface area contributed by atoms with Crippen molar-refractivity contribution in [2.45, 2.75) is 44.2 Å². The summed E-state index contributed by atoms with van der Waals surface area (Å²) in [6.45, 7) is 1.09. The van der Waals surface area contributed by atoms with Crippen molar-refractivity contribution < 1.29 is 14.3 Å². The maximum atomic E-state index is 12.2. The standard InChI is InChI=1S/C18H26N2O3.ClH/c1-22-8-9-23-17-6-4-14(5-7-17)20-18(21)12-13-10-15-2-3-16(11-13)19-15;/h4-7,13,15-16,19H,2-3,8-12H2,1H3,(H,20,21);1H. The van der Waals surface area contributed by atoms with E-state index in [4.69, 9.17) is 9.47 Å². The molecule has 2 heterocycles. The van der Waals surface area contributed by atoms with Crippen LogP contribution < -0.4 is 15.4 Å². The van der Waals surface area contributed by atoms with Gasteiger partial charge in [-0.2, -0.15) is 0 Å². The van der Waals surface area contributed by atoms with E-state index in [1.165, 1.54) is 12.8 Å². The highest BCUT2D eigenvalue weighted by Crippen LogP contribution is 2.32. The normalized spacial score (nSPS) is 25.0. The Bertz CT molecular complexity index is 512. The molecule has 0 aliphatic carbocycles.